The van der Waals surface area contributed by atoms with Crippen molar-refractivity contribution >= 4 is 17.2 Å². The highest BCUT2D eigenvalue weighted by molar-refractivity contribution is 7.09. The third-order valence-electron chi connectivity index (χ3n) is 5.22. The second-order valence-corrected chi connectivity index (χ2v) is 8.19. The van der Waals surface area contributed by atoms with Gasteiger partial charge in [-0.1, -0.05) is 60.7 Å². The standard InChI is InChI=1S/C23H26N4O2S/c1-29-16-21-24-20(17-30-21)23(28)25-27-14-12-26(13-15-27)22(18-8-4-2-5-9-18)19-10-6-3-7-11-19/h2-11,17,22H,12-16H2,1H3,(H,25,28). The van der Waals surface area contributed by atoms with Crippen LogP contribution < -0.4 is 5.43 Å². The maximum Gasteiger partial charge on any atom is 0.285 e. The van der Waals surface area contributed by atoms with E-state index in [0.717, 1.165) is 31.2 Å². The summed E-state index contributed by atoms with van der Waals surface area (Å²) in [6.07, 6.45) is 0. The summed E-state index contributed by atoms with van der Waals surface area (Å²) < 4.78 is 5.08. The van der Waals surface area contributed by atoms with Crippen LogP contribution >= 0.6 is 11.3 Å². The summed E-state index contributed by atoms with van der Waals surface area (Å²) in [5.74, 6) is -0.162. The van der Waals surface area contributed by atoms with Crippen LogP contribution in [0.25, 0.3) is 0 Å². The minimum Gasteiger partial charge on any atom is -0.378 e. The third kappa shape index (κ3) is 4.94. The summed E-state index contributed by atoms with van der Waals surface area (Å²) in [5.41, 5.74) is 6.02. The van der Waals surface area contributed by atoms with E-state index in [1.165, 1.54) is 22.5 Å². The number of carbonyl (C=O) groups is 1. The molecule has 0 aliphatic carbocycles. The predicted molar refractivity (Wildman–Crippen MR) is 118 cm³/mol. The second-order valence-electron chi connectivity index (χ2n) is 7.25. The van der Waals surface area contributed by atoms with Crippen molar-refractivity contribution in [2.45, 2.75) is 12.6 Å². The fourth-order valence-corrected chi connectivity index (χ4v) is 4.53. The molecule has 4 rings (SSSR count). The first-order valence-electron chi connectivity index (χ1n) is 10.1. The summed E-state index contributed by atoms with van der Waals surface area (Å²) in [6.45, 7) is 3.67. The van der Waals surface area contributed by atoms with Crippen molar-refractivity contribution in [1.29, 1.82) is 0 Å². The molecule has 0 spiro atoms. The van der Waals surface area contributed by atoms with E-state index in [-0.39, 0.29) is 11.9 Å². The van der Waals surface area contributed by atoms with Crippen molar-refractivity contribution < 1.29 is 9.53 Å². The van der Waals surface area contributed by atoms with Crippen molar-refractivity contribution in [3.63, 3.8) is 0 Å². The zero-order valence-corrected chi connectivity index (χ0v) is 17.8. The van der Waals surface area contributed by atoms with Gasteiger partial charge in [-0.05, 0) is 11.1 Å². The van der Waals surface area contributed by atoms with Crippen LogP contribution in [0.1, 0.15) is 32.7 Å². The topological polar surface area (TPSA) is 57.7 Å². The molecule has 1 amide bonds. The first-order chi connectivity index (χ1) is 14.7. The minimum absolute atomic E-state index is 0.162. The summed E-state index contributed by atoms with van der Waals surface area (Å²) in [6, 6.07) is 21.4. The van der Waals surface area contributed by atoms with Gasteiger partial charge in [0, 0.05) is 38.7 Å². The van der Waals surface area contributed by atoms with Gasteiger partial charge < -0.3 is 4.74 Å². The van der Waals surface area contributed by atoms with Gasteiger partial charge >= 0.3 is 0 Å². The molecule has 3 aromatic rings. The van der Waals surface area contributed by atoms with Gasteiger partial charge in [0.15, 0.2) is 0 Å². The Morgan fingerprint density at radius 2 is 1.63 bits per heavy atom. The first kappa shape index (κ1) is 20.7. The lowest BCUT2D eigenvalue weighted by Gasteiger charge is -2.39. The van der Waals surface area contributed by atoms with E-state index in [2.05, 4.69) is 76.0 Å². The molecule has 0 radical (unpaired) electrons. The average molecular weight is 423 g/mol. The minimum atomic E-state index is -0.162. The zero-order chi connectivity index (χ0) is 20.8. The molecular formula is C23H26N4O2S. The molecule has 2 heterocycles. The van der Waals surface area contributed by atoms with E-state index < -0.39 is 0 Å². The molecule has 1 aromatic heterocycles. The van der Waals surface area contributed by atoms with Gasteiger partial charge in [-0.25, -0.2) is 9.99 Å². The molecule has 1 aliphatic rings. The van der Waals surface area contributed by atoms with E-state index in [1.807, 2.05) is 5.01 Å². The monoisotopic (exact) mass is 422 g/mol. The van der Waals surface area contributed by atoms with Crippen molar-refractivity contribution in [2.24, 2.45) is 0 Å². The van der Waals surface area contributed by atoms with Gasteiger partial charge in [-0.15, -0.1) is 11.3 Å². The molecule has 30 heavy (non-hydrogen) atoms. The van der Waals surface area contributed by atoms with Crippen LogP contribution in [0.15, 0.2) is 66.0 Å². The molecule has 1 saturated heterocycles. The van der Waals surface area contributed by atoms with Gasteiger partial charge in [0.2, 0.25) is 0 Å². The number of carbonyl (C=O) groups excluding carboxylic acids is 1. The number of amides is 1. The lowest BCUT2D eigenvalue weighted by molar-refractivity contribution is 0.0550. The number of methoxy groups -OCH3 is 1. The number of piperazine rings is 1. The van der Waals surface area contributed by atoms with Crippen LogP contribution in [-0.2, 0) is 11.3 Å². The Morgan fingerprint density at radius 3 is 2.20 bits per heavy atom. The van der Waals surface area contributed by atoms with E-state index >= 15 is 0 Å². The normalized spacial score (nSPS) is 15.4. The van der Waals surface area contributed by atoms with Crippen molar-refractivity contribution in [1.82, 2.24) is 20.3 Å². The fraction of sp³-hybridized carbons (Fsp3) is 0.304. The molecule has 0 unspecified atom stereocenters. The number of hydrogen-bond acceptors (Lipinski definition) is 6. The number of hydrogen-bond donors (Lipinski definition) is 1. The predicted octanol–water partition coefficient (Wildman–Crippen LogP) is 3.34. The lowest BCUT2D eigenvalue weighted by Crippen LogP contribution is -2.54. The Morgan fingerprint density at radius 1 is 1.03 bits per heavy atom. The van der Waals surface area contributed by atoms with Crippen molar-refractivity contribution in [2.75, 3.05) is 33.3 Å². The van der Waals surface area contributed by atoms with E-state index in [4.69, 9.17) is 4.74 Å². The highest BCUT2D eigenvalue weighted by Gasteiger charge is 2.27. The third-order valence-corrected chi connectivity index (χ3v) is 6.04. The zero-order valence-electron chi connectivity index (χ0n) is 17.0. The first-order valence-corrected chi connectivity index (χ1v) is 11.0. The molecule has 7 heteroatoms. The van der Waals surface area contributed by atoms with Crippen molar-refractivity contribution in [3.8, 4) is 0 Å². The fourth-order valence-electron chi connectivity index (χ4n) is 3.78. The van der Waals surface area contributed by atoms with Gasteiger partial charge in [-0.3, -0.25) is 15.1 Å². The van der Waals surface area contributed by atoms with Crippen molar-refractivity contribution in [3.05, 3.63) is 87.9 Å². The van der Waals surface area contributed by atoms with Crippen LogP contribution in [0.4, 0.5) is 0 Å². The summed E-state index contributed by atoms with van der Waals surface area (Å²) >= 11 is 1.44. The van der Waals surface area contributed by atoms with Gasteiger partial charge in [0.25, 0.3) is 5.91 Å². The Hall–Kier alpha value is -2.58. The molecule has 1 fully saturated rings. The van der Waals surface area contributed by atoms with Crippen LogP contribution in [0.3, 0.4) is 0 Å². The van der Waals surface area contributed by atoms with Gasteiger partial charge in [0.1, 0.15) is 10.7 Å². The molecule has 0 saturated carbocycles. The molecule has 2 aromatic carbocycles. The van der Waals surface area contributed by atoms with Crippen LogP contribution in [0, 0.1) is 0 Å². The molecule has 6 nitrogen and oxygen atoms in total. The maximum absolute atomic E-state index is 12.5. The summed E-state index contributed by atoms with van der Waals surface area (Å²) in [5, 5.41) is 4.57. The largest absolute Gasteiger partial charge is 0.378 e. The molecule has 156 valence electrons. The SMILES string of the molecule is COCc1nc(C(=O)NN2CCN(C(c3ccccc3)c3ccccc3)CC2)cs1. The smallest absolute Gasteiger partial charge is 0.285 e. The molecule has 1 aliphatic heterocycles. The number of nitrogens with zero attached hydrogens (tertiary/aromatic N) is 3. The van der Waals surface area contributed by atoms with E-state index in [0.29, 0.717) is 12.3 Å². The number of rotatable bonds is 7. The number of hydrazine groups is 1. The van der Waals surface area contributed by atoms with Crippen LogP contribution in [-0.4, -0.2) is 54.1 Å². The average Bonchev–Trinajstić information content (AvgIpc) is 3.26. The number of nitrogens with one attached hydrogen (secondary N) is 1. The summed E-state index contributed by atoms with van der Waals surface area (Å²) in [4.78, 5) is 19.3. The van der Waals surface area contributed by atoms with E-state index in [1.54, 1.807) is 12.5 Å². The number of benzene rings is 2. The molecule has 1 N–H and O–H groups in total. The highest BCUT2D eigenvalue weighted by atomic mass is 32.1. The summed E-state index contributed by atoms with van der Waals surface area (Å²) in [7, 11) is 1.62. The van der Waals surface area contributed by atoms with Gasteiger partial charge in [-0.2, -0.15) is 0 Å². The van der Waals surface area contributed by atoms with Crippen LogP contribution in [0.5, 0.6) is 0 Å². The number of ether oxygens (including phenoxy) is 1. The highest BCUT2D eigenvalue weighted by Crippen LogP contribution is 2.29. The second kappa shape index (κ2) is 9.95. The van der Waals surface area contributed by atoms with E-state index in [9.17, 15) is 4.79 Å². The van der Waals surface area contributed by atoms with Gasteiger partial charge in [0.05, 0.1) is 12.6 Å². The Labute approximate surface area is 181 Å². The quantitative estimate of drug-likeness (QED) is 0.633. The molecular weight excluding hydrogens is 396 g/mol. The number of aromatic nitrogens is 1. The number of thiazole rings is 1. The molecule has 0 atom stereocenters. The Kier molecular flexibility index (Phi) is 6.86. The Balaban J connectivity index is 1.40. The van der Waals surface area contributed by atoms with Crippen LogP contribution in [0.2, 0.25) is 0 Å². The maximum atomic E-state index is 12.5. The molecule has 0 bridgehead atoms. The lowest BCUT2D eigenvalue weighted by atomic mass is 9.96. The Bertz CT molecular complexity index is 901.